The molecule has 0 bridgehead atoms. The molecule has 20 heavy (non-hydrogen) atoms. The Kier molecular flexibility index (Phi) is 7.03. The Balaban J connectivity index is 1.62. The molecule has 0 aliphatic carbocycles. The van der Waals surface area contributed by atoms with Gasteiger partial charge in [0.25, 0.3) is 0 Å². The molecule has 4 nitrogen and oxygen atoms in total. The maximum Gasteiger partial charge on any atom is 0.168 e. The Morgan fingerprint density at radius 3 is 2.80 bits per heavy atom. The minimum atomic E-state index is 0.721. The lowest BCUT2D eigenvalue weighted by Crippen LogP contribution is -2.44. The van der Waals surface area contributed by atoms with Crippen molar-refractivity contribution in [1.29, 1.82) is 0 Å². The third-order valence-corrected chi connectivity index (χ3v) is 4.71. The van der Waals surface area contributed by atoms with E-state index >= 15 is 0 Å². The van der Waals surface area contributed by atoms with Gasteiger partial charge < -0.3 is 15.0 Å². The summed E-state index contributed by atoms with van der Waals surface area (Å²) in [7, 11) is 0. The second-order valence-electron chi connectivity index (χ2n) is 5.77. The van der Waals surface area contributed by atoms with Gasteiger partial charge in [0.15, 0.2) is 5.11 Å². The van der Waals surface area contributed by atoms with E-state index in [2.05, 4.69) is 15.1 Å². The molecule has 2 rings (SSSR count). The number of hydrogen-bond donors (Lipinski definition) is 1. The fourth-order valence-electron chi connectivity index (χ4n) is 3.13. The highest BCUT2D eigenvalue weighted by Gasteiger charge is 2.29. The molecule has 2 aliphatic rings. The molecular weight excluding hydrogens is 270 g/mol. The summed E-state index contributed by atoms with van der Waals surface area (Å²) in [6.45, 7) is 9.36. The smallest absolute Gasteiger partial charge is 0.168 e. The van der Waals surface area contributed by atoms with Crippen LogP contribution < -0.4 is 5.32 Å². The molecule has 5 heteroatoms. The summed E-state index contributed by atoms with van der Waals surface area (Å²) in [6, 6.07) is 0.721. The number of nitrogens with zero attached hydrogens (tertiary/aromatic N) is 2. The Morgan fingerprint density at radius 2 is 2.05 bits per heavy atom. The van der Waals surface area contributed by atoms with Gasteiger partial charge in [0.05, 0.1) is 0 Å². The van der Waals surface area contributed by atoms with Gasteiger partial charge in [-0.2, -0.15) is 0 Å². The highest BCUT2D eigenvalue weighted by Crippen LogP contribution is 2.20. The molecule has 0 aromatic rings. The van der Waals surface area contributed by atoms with E-state index < -0.39 is 0 Å². The first-order chi connectivity index (χ1) is 9.81. The first-order valence-electron chi connectivity index (χ1n) is 8.16. The summed E-state index contributed by atoms with van der Waals surface area (Å²) in [6.07, 6.45) is 6.44. The van der Waals surface area contributed by atoms with Crippen LogP contribution in [-0.4, -0.2) is 66.9 Å². The van der Waals surface area contributed by atoms with Gasteiger partial charge in [-0.1, -0.05) is 6.42 Å². The van der Waals surface area contributed by atoms with Gasteiger partial charge in [-0.25, -0.2) is 0 Å². The van der Waals surface area contributed by atoms with Crippen LogP contribution in [0.3, 0.4) is 0 Å². The zero-order chi connectivity index (χ0) is 14.2. The average molecular weight is 299 g/mol. The predicted molar refractivity (Wildman–Crippen MR) is 87.1 cm³/mol. The van der Waals surface area contributed by atoms with E-state index in [1.54, 1.807) is 0 Å². The van der Waals surface area contributed by atoms with Gasteiger partial charge in [0, 0.05) is 38.9 Å². The van der Waals surface area contributed by atoms with Gasteiger partial charge in [0.1, 0.15) is 0 Å². The van der Waals surface area contributed by atoms with Crippen LogP contribution in [0.5, 0.6) is 0 Å². The second-order valence-corrected chi connectivity index (χ2v) is 6.15. The summed E-state index contributed by atoms with van der Waals surface area (Å²) in [4.78, 5) is 5.01. The Hall–Kier alpha value is -0.390. The Bertz CT molecular complexity index is 295. The molecule has 0 saturated carbocycles. The van der Waals surface area contributed by atoms with Crippen LogP contribution in [0.2, 0.25) is 0 Å². The minimum Gasteiger partial charge on any atom is -0.382 e. The van der Waals surface area contributed by atoms with Crippen molar-refractivity contribution in [2.75, 3.05) is 45.9 Å². The fraction of sp³-hybridized carbons (Fsp3) is 0.933. The number of ether oxygens (including phenoxy) is 1. The average Bonchev–Trinajstić information content (AvgIpc) is 2.98. The van der Waals surface area contributed by atoms with Gasteiger partial charge in [-0.3, -0.25) is 4.90 Å². The van der Waals surface area contributed by atoms with Crippen molar-refractivity contribution in [3.05, 3.63) is 0 Å². The van der Waals surface area contributed by atoms with Gasteiger partial charge in [0.2, 0.25) is 0 Å². The van der Waals surface area contributed by atoms with Crippen LogP contribution in [-0.2, 0) is 4.74 Å². The highest BCUT2D eigenvalue weighted by atomic mass is 32.1. The molecule has 0 radical (unpaired) electrons. The number of thiocarbonyl (C=S) groups is 1. The molecule has 0 aromatic heterocycles. The molecule has 116 valence electrons. The number of rotatable bonds is 6. The van der Waals surface area contributed by atoms with Crippen LogP contribution in [0.1, 0.15) is 39.0 Å². The lowest BCUT2D eigenvalue weighted by atomic mass is 10.1. The molecule has 2 fully saturated rings. The summed E-state index contributed by atoms with van der Waals surface area (Å²) in [5.41, 5.74) is 0. The summed E-state index contributed by atoms with van der Waals surface area (Å²) in [5, 5.41) is 4.30. The number of hydrogen-bond acceptors (Lipinski definition) is 3. The molecule has 0 aromatic carbocycles. The van der Waals surface area contributed by atoms with Crippen LogP contribution in [0.15, 0.2) is 0 Å². The van der Waals surface area contributed by atoms with E-state index in [0.29, 0.717) is 0 Å². The van der Waals surface area contributed by atoms with E-state index in [1.807, 2.05) is 6.92 Å². The number of piperidine rings is 1. The lowest BCUT2D eigenvalue weighted by Gasteiger charge is -2.32. The standard InChI is InChI=1S/C15H29N3OS/c1-2-19-12-6-8-16-15(20)18-11-7-14(13-18)17-9-4-3-5-10-17/h14H,2-13H2,1H3,(H,16,20). The van der Waals surface area contributed by atoms with Crippen molar-refractivity contribution in [1.82, 2.24) is 15.1 Å². The minimum absolute atomic E-state index is 0.721. The monoisotopic (exact) mass is 299 g/mol. The third kappa shape index (κ3) is 4.86. The van der Waals surface area contributed by atoms with Crippen molar-refractivity contribution in [2.24, 2.45) is 0 Å². The summed E-state index contributed by atoms with van der Waals surface area (Å²) in [5.74, 6) is 0. The molecule has 2 saturated heterocycles. The lowest BCUT2D eigenvalue weighted by molar-refractivity contribution is 0.145. The predicted octanol–water partition coefficient (Wildman–Crippen LogP) is 1.85. The SMILES string of the molecule is CCOCCCNC(=S)N1CCC(N2CCCCC2)C1. The van der Waals surface area contributed by atoms with Crippen molar-refractivity contribution >= 4 is 17.3 Å². The number of nitrogens with one attached hydrogen (secondary N) is 1. The largest absolute Gasteiger partial charge is 0.382 e. The molecular formula is C15H29N3OS. The first-order valence-corrected chi connectivity index (χ1v) is 8.56. The van der Waals surface area contributed by atoms with E-state index in [0.717, 1.165) is 50.4 Å². The Morgan fingerprint density at radius 1 is 1.25 bits per heavy atom. The van der Waals surface area contributed by atoms with Crippen LogP contribution in [0, 0.1) is 0 Å². The van der Waals surface area contributed by atoms with Crippen LogP contribution in [0.25, 0.3) is 0 Å². The Labute approximate surface area is 128 Å². The highest BCUT2D eigenvalue weighted by molar-refractivity contribution is 7.80. The second kappa shape index (κ2) is 8.80. The molecule has 0 amide bonds. The molecule has 1 unspecified atom stereocenters. The first kappa shape index (κ1) is 16.0. The van der Waals surface area contributed by atoms with E-state index in [9.17, 15) is 0 Å². The summed E-state index contributed by atoms with van der Waals surface area (Å²) >= 11 is 5.50. The number of likely N-dealkylation sites (tertiary alicyclic amines) is 2. The zero-order valence-corrected chi connectivity index (χ0v) is 13.6. The van der Waals surface area contributed by atoms with E-state index in [1.165, 1.54) is 38.8 Å². The zero-order valence-electron chi connectivity index (χ0n) is 12.8. The van der Waals surface area contributed by atoms with E-state index in [-0.39, 0.29) is 0 Å². The molecule has 2 heterocycles. The van der Waals surface area contributed by atoms with Crippen molar-refractivity contribution in [2.45, 2.75) is 45.1 Å². The van der Waals surface area contributed by atoms with E-state index in [4.69, 9.17) is 17.0 Å². The maximum atomic E-state index is 5.50. The van der Waals surface area contributed by atoms with Crippen molar-refractivity contribution in [3.8, 4) is 0 Å². The molecule has 1 N–H and O–H groups in total. The molecule has 0 spiro atoms. The maximum absolute atomic E-state index is 5.50. The fourth-order valence-corrected chi connectivity index (χ4v) is 3.40. The topological polar surface area (TPSA) is 27.7 Å². The quantitative estimate of drug-likeness (QED) is 0.597. The summed E-state index contributed by atoms with van der Waals surface area (Å²) < 4.78 is 5.33. The van der Waals surface area contributed by atoms with Crippen LogP contribution in [0.4, 0.5) is 0 Å². The normalized spacial score (nSPS) is 24.1. The van der Waals surface area contributed by atoms with Gasteiger partial charge in [-0.15, -0.1) is 0 Å². The van der Waals surface area contributed by atoms with Crippen molar-refractivity contribution in [3.63, 3.8) is 0 Å². The molecule has 2 aliphatic heterocycles. The molecule has 1 atom stereocenters. The van der Waals surface area contributed by atoms with Crippen LogP contribution >= 0.6 is 12.2 Å². The van der Waals surface area contributed by atoms with Crippen molar-refractivity contribution < 1.29 is 4.74 Å². The van der Waals surface area contributed by atoms with Gasteiger partial charge >= 0.3 is 0 Å². The van der Waals surface area contributed by atoms with Gasteiger partial charge in [-0.05, 0) is 57.9 Å². The third-order valence-electron chi connectivity index (χ3n) is 4.30.